The molecule has 0 N–H and O–H groups in total. The standard InChI is InChI=1S/C16H13N/c1-2-4-15-13(3-1)6-8-14-7-5-12-9-16(14,15)11-17-10-12/h1-8,10H,9,11H2. The monoisotopic (exact) mass is 219 g/mol. The lowest BCUT2D eigenvalue weighted by Crippen LogP contribution is -2.38. The molecule has 17 heavy (non-hydrogen) atoms. The third-order valence-corrected chi connectivity index (χ3v) is 4.07. The van der Waals surface area contributed by atoms with Crippen LogP contribution in [0, 0.1) is 0 Å². The Morgan fingerprint density at radius 2 is 2.00 bits per heavy atom. The molecule has 1 aliphatic heterocycles. The van der Waals surface area contributed by atoms with Gasteiger partial charge in [-0.25, -0.2) is 0 Å². The fourth-order valence-electron chi connectivity index (χ4n) is 3.23. The Labute approximate surface area is 101 Å². The number of nitrogens with zero attached hydrogens (tertiary/aromatic N) is 1. The maximum absolute atomic E-state index is 4.57. The molecule has 1 unspecified atom stereocenters. The summed E-state index contributed by atoms with van der Waals surface area (Å²) in [5.74, 6) is 0. The molecule has 1 atom stereocenters. The van der Waals surface area contributed by atoms with Crippen LogP contribution in [0.2, 0.25) is 0 Å². The summed E-state index contributed by atoms with van der Waals surface area (Å²) in [5, 5.41) is 0. The molecule has 1 heterocycles. The van der Waals surface area contributed by atoms with Crippen molar-refractivity contribution in [2.45, 2.75) is 11.8 Å². The Hall–Kier alpha value is -1.89. The first-order valence-electron chi connectivity index (χ1n) is 6.07. The normalized spacial score (nSPS) is 28.0. The van der Waals surface area contributed by atoms with Gasteiger partial charge in [0.05, 0.1) is 6.54 Å². The van der Waals surface area contributed by atoms with E-state index in [1.54, 1.807) is 0 Å². The van der Waals surface area contributed by atoms with Crippen molar-refractivity contribution in [3.05, 3.63) is 64.8 Å². The van der Waals surface area contributed by atoms with Gasteiger partial charge in [0.25, 0.3) is 0 Å². The molecule has 0 saturated carbocycles. The second kappa shape index (κ2) is 3.07. The van der Waals surface area contributed by atoms with Crippen LogP contribution in [-0.4, -0.2) is 12.8 Å². The smallest absolute Gasteiger partial charge is 0.0530 e. The number of hydrogen-bond donors (Lipinski definition) is 0. The Morgan fingerprint density at radius 1 is 1.06 bits per heavy atom. The van der Waals surface area contributed by atoms with Gasteiger partial charge in [-0.3, -0.25) is 4.99 Å². The maximum atomic E-state index is 4.57. The average molecular weight is 219 g/mol. The fourth-order valence-corrected chi connectivity index (χ4v) is 3.23. The van der Waals surface area contributed by atoms with Crippen LogP contribution in [0.25, 0.3) is 6.08 Å². The zero-order chi connectivity index (χ0) is 11.3. The lowest BCUT2D eigenvalue weighted by molar-refractivity contribution is 0.508. The van der Waals surface area contributed by atoms with Gasteiger partial charge in [-0.2, -0.15) is 0 Å². The van der Waals surface area contributed by atoms with Crippen molar-refractivity contribution in [1.82, 2.24) is 0 Å². The van der Waals surface area contributed by atoms with Crippen molar-refractivity contribution < 1.29 is 0 Å². The van der Waals surface area contributed by atoms with Crippen molar-refractivity contribution in [2.75, 3.05) is 6.54 Å². The molecule has 1 heteroatoms. The van der Waals surface area contributed by atoms with E-state index in [1.807, 2.05) is 6.21 Å². The van der Waals surface area contributed by atoms with Crippen LogP contribution in [-0.2, 0) is 5.41 Å². The van der Waals surface area contributed by atoms with E-state index >= 15 is 0 Å². The second-order valence-electron chi connectivity index (χ2n) is 5.01. The highest BCUT2D eigenvalue weighted by Gasteiger charge is 2.41. The summed E-state index contributed by atoms with van der Waals surface area (Å²) in [4.78, 5) is 4.57. The third-order valence-electron chi connectivity index (χ3n) is 4.07. The molecular weight excluding hydrogens is 206 g/mol. The third kappa shape index (κ3) is 1.11. The van der Waals surface area contributed by atoms with E-state index in [-0.39, 0.29) is 5.41 Å². The lowest BCUT2D eigenvalue weighted by Gasteiger charge is -2.42. The predicted molar refractivity (Wildman–Crippen MR) is 71.3 cm³/mol. The first-order chi connectivity index (χ1) is 8.38. The SMILES string of the molecule is C1=Cc2ccccc2C23CN=CC(=CC=C12)C3. The van der Waals surface area contributed by atoms with Crippen molar-refractivity contribution in [2.24, 2.45) is 4.99 Å². The van der Waals surface area contributed by atoms with Gasteiger partial charge in [0, 0.05) is 11.6 Å². The molecule has 0 aromatic heterocycles. The molecular formula is C16H13N. The Balaban J connectivity index is 2.03. The summed E-state index contributed by atoms with van der Waals surface area (Å²) in [6.07, 6.45) is 12.1. The molecule has 1 spiro atoms. The first-order valence-corrected chi connectivity index (χ1v) is 6.07. The minimum Gasteiger partial charge on any atom is -0.292 e. The highest BCUT2D eigenvalue weighted by molar-refractivity contribution is 5.84. The number of hydrogen-bond acceptors (Lipinski definition) is 1. The van der Waals surface area contributed by atoms with Gasteiger partial charge in [-0.1, -0.05) is 48.6 Å². The summed E-state index contributed by atoms with van der Waals surface area (Å²) in [7, 11) is 0. The molecule has 0 amide bonds. The molecule has 2 aliphatic carbocycles. The van der Waals surface area contributed by atoms with Gasteiger partial charge in [0.15, 0.2) is 0 Å². The lowest BCUT2D eigenvalue weighted by atomic mass is 9.63. The first kappa shape index (κ1) is 9.17. The minimum absolute atomic E-state index is 0.115. The Morgan fingerprint density at radius 3 is 3.00 bits per heavy atom. The van der Waals surface area contributed by atoms with Crippen LogP contribution in [0.3, 0.4) is 0 Å². The molecule has 0 fully saturated rings. The van der Waals surface area contributed by atoms with E-state index in [0.717, 1.165) is 13.0 Å². The van der Waals surface area contributed by atoms with Crippen LogP contribution < -0.4 is 0 Å². The summed E-state index contributed by atoms with van der Waals surface area (Å²) in [6.45, 7) is 0.886. The van der Waals surface area contributed by atoms with Crippen LogP contribution >= 0.6 is 0 Å². The van der Waals surface area contributed by atoms with Crippen molar-refractivity contribution >= 4 is 12.3 Å². The Bertz CT molecular complexity index is 616. The summed E-state index contributed by atoms with van der Waals surface area (Å²) in [5.41, 5.74) is 5.67. The van der Waals surface area contributed by atoms with E-state index in [9.17, 15) is 0 Å². The van der Waals surface area contributed by atoms with Crippen molar-refractivity contribution in [3.63, 3.8) is 0 Å². The molecule has 0 radical (unpaired) electrons. The second-order valence-corrected chi connectivity index (χ2v) is 5.01. The number of benzene rings is 1. The van der Waals surface area contributed by atoms with Gasteiger partial charge >= 0.3 is 0 Å². The van der Waals surface area contributed by atoms with Crippen molar-refractivity contribution in [1.29, 1.82) is 0 Å². The molecule has 1 aromatic rings. The number of aliphatic imine (C=N–C) groups is 1. The maximum Gasteiger partial charge on any atom is 0.0530 e. The van der Waals surface area contributed by atoms with Gasteiger partial charge in [-0.15, -0.1) is 0 Å². The van der Waals surface area contributed by atoms with Crippen LogP contribution in [0.1, 0.15) is 17.5 Å². The number of rotatable bonds is 0. The molecule has 2 bridgehead atoms. The van der Waals surface area contributed by atoms with E-state index in [4.69, 9.17) is 0 Å². The van der Waals surface area contributed by atoms with Crippen LogP contribution in [0.15, 0.2) is 58.6 Å². The summed E-state index contributed by atoms with van der Waals surface area (Å²) in [6, 6.07) is 8.71. The van der Waals surface area contributed by atoms with Gasteiger partial charge in [-0.05, 0) is 28.7 Å². The number of allylic oxidation sites excluding steroid dienone is 4. The minimum atomic E-state index is 0.115. The van der Waals surface area contributed by atoms with Crippen molar-refractivity contribution in [3.8, 4) is 0 Å². The zero-order valence-corrected chi connectivity index (χ0v) is 9.56. The molecule has 4 rings (SSSR count). The zero-order valence-electron chi connectivity index (χ0n) is 9.56. The van der Waals surface area contributed by atoms with Gasteiger partial charge in [0.1, 0.15) is 0 Å². The summed E-state index contributed by atoms with van der Waals surface area (Å²) >= 11 is 0. The quantitative estimate of drug-likeness (QED) is 0.635. The topological polar surface area (TPSA) is 12.4 Å². The average Bonchev–Trinajstić information content (AvgIpc) is 2.38. The van der Waals surface area contributed by atoms with Gasteiger partial charge in [0.2, 0.25) is 0 Å². The molecule has 1 nitrogen and oxygen atoms in total. The van der Waals surface area contributed by atoms with Gasteiger partial charge < -0.3 is 0 Å². The molecule has 82 valence electrons. The van der Waals surface area contributed by atoms with E-state index in [1.165, 1.54) is 22.3 Å². The highest BCUT2D eigenvalue weighted by Crippen LogP contribution is 2.47. The molecule has 1 aromatic carbocycles. The van der Waals surface area contributed by atoms with E-state index in [2.05, 4.69) is 53.6 Å². The highest BCUT2D eigenvalue weighted by atomic mass is 14.8. The van der Waals surface area contributed by atoms with E-state index < -0.39 is 0 Å². The predicted octanol–water partition coefficient (Wildman–Crippen LogP) is 3.29. The molecule has 0 saturated heterocycles. The van der Waals surface area contributed by atoms with Crippen LogP contribution in [0.5, 0.6) is 0 Å². The Kier molecular flexibility index (Phi) is 1.66. The van der Waals surface area contributed by atoms with Crippen LogP contribution in [0.4, 0.5) is 0 Å². The largest absolute Gasteiger partial charge is 0.292 e. The number of fused-ring (bicyclic) bond motifs is 2. The van der Waals surface area contributed by atoms with E-state index in [0.29, 0.717) is 0 Å². The summed E-state index contributed by atoms with van der Waals surface area (Å²) < 4.78 is 0. The fraction of sp³-hybridized carbons (Fsp3) is 0.188. The molecule has 3 aliphatic rings.